The number of ether oxygens (including phenoxy) is 3. The Morgan fingerprint density at radius 3 is 2.53 bits per heavy atom. The molecule has 1 heterocycles. The average Bonchev–Trinajstić information content (AvgIpc) is 3.11. The van der Waals surface area contributed by atoms with Gasteiger partial charge in [0.05, 0.1) is 25.2 Å². The molecule has 2 aromatic carbocycles. The van der Waals surface area contributed by atoms with Crippen LogP contribution in [0, 0.1) is 0 Å². The van der Waals surface area contributed by atoms with Gasteiger partial charge in [-0.05, 0) is 53.8 Å². The van der Waals surface area contributed by atoms with Crippen molar-refractivity contribution in [1.82, 2.24) is 4.90 Å². The van der Waals surface area contributed by atoms with E-state index in [1.807, 2.05) is 36.4 Å². The first-order valence-electron chi connectivity index (χ1n) is 11.4. The van der Waals surface area contributed by atoms with Gasteiger partial charge in [0.15, 0.2) is 11.5 Å². The summed E-state index contributed by atoms with van der Waals surface area (Å²) in [6.07, 6.45) is 5.34. The van der Waals surface area contributed by atoms with E-state index in [1.165, 1.54) is 22.2 Å². The van der Waals surface area contributed by atoms with Crippen LogP contribution >= 0.6 is 24.0 Å². The van der Waals surface area contributed by atoms with Crippen molar-refractivity contribution in [3.63, 3.8) is 0 Å². The standard InChI is InChI=1S/C27H31NO4S2/c1-5-14-28-26(29)25(34-27(28)33)18-20-8-13-23(24(17-20)30-4)32-16-7-15-31-22-11-9-21(10-12-22)19(3)6-2/h5,8-13,17-19H,1,6-7,14-16H2,2-4H3/b25-18+. The molecule has 1 fully saturated rings. The predicted molar refractivity (Wildman–Crippen MR) is 144 cm³/mol. The summed E-state index contributed by atoms with van der Waals surface area (Å²) in [5.41, 5.74) is 2.17. The fourth-order valence-electron chi connectivity index (χ4n) is 3.39. The molecule has 1 aliphatic heterocycles. The molecule has 5 nitrogen and oxygen atoms in total. The van der Waals surface area contributed by atoms with Gasteiger partial charge in [0.25, 0.3) is 5.91 Å². The zero-order chi connectivity index (χ0) is 24.5. The Morgan fingerprint density at radius 1 is 1.12 bits per heavy atom. The fourth-order valence-corrected chi connectivity index (χ4v) is 4.67. The van der Waals surface area contributed by atoms with Gasteiger partial charge in [-0.1, -0.05) is 62.1 Å². The lowest BCUT2D eigenvalue weighted by atomic mass is 9.99. The van der Waals surface area contributed by atoms with Crippen LogP contribution < -0.4 is 14.2 Å². The van der Waals surface area contributed by atoms with Crippen molar-refractivity contribution in [3.8, 4) is 17.2 Å². The third-order valence-corrected chi connectivity index (χ3v) is 6.92. The van der Waals surface area contributed by atoms with Crippen molar-refractivity contribution >= 4 is 40.3 Å². The lowest BCUT2D eigenvalue weighted by Gasteiger charge is -2.13. The molecule has 0 aromatic heterocycles. The zero-order valence-electron chi connectivity index (χ0n) is 19.9. The highest BCUT2D eigenvalue weighted by Crippen LogP contribution is 2.34. The molecule has 1 saturated heterocycles. The van der Waals surface area contributed by atoms with Crippen LogP contribution in [0.4, 0.5) is 0 Å². The van der Waals surface area contributed by atoms with E-state index in [2.05, 4.69) is 32.6 Å². The number of methoxy groups -OCH3 is 1. The Kier molecular flexibility index (Phi) is 9.60. The molecule has 0 radical (unpaired) electrons. The fraction of sp³-hybridized carbons (Fsp3) is 0.333. The van der Waals surface area contributed by atoms with Crippen molar-refractivity contribution in [3.05, 3.63) is 71.2 Å². The third-order valence-electron chi connectivity index (χ3n) is 5.55. The van der Waals surface area contributed by atoms with Crippen LogP contribution in [0.1, 0.15) is 43.7 Å². The highest BCUT2D eigenvalue weighted by Gasteiger charge is 2.31. The van der Waals surface area contributed by atoms with Gasteiger partial charge in [0.1, 0.15) is 10.1 Å². The van der Waals surface area contributed by atoms with Crippen LogP contribution in [0.5, 0.6) is 17.2 Å². The number of carbonyl (C=O) groups excluding carboxylic acids is 1. The predicted octanol–water partition coefficient (Wildman–Crippen LogP) is 6.44. The molecular formula is C27H31NO4S2. The van der Waals surface area contributed by atoms with Crippen LogP contribution in [0.25, 0.3) is 6.08 Å². The van der Waals surface area contributed by atoms with Gasteiger partial charge in [-0.2, -0.15) is 0 Å². The van der Waals surface area contributed by atoms with Gasteiger partial charge in [0.2, 0.25) is 0 Å². The summed E-state index contributed by atoms with van der Waals surface area (Å²) >= 11 is 6.58. The van der Waals surface area contributed by atoms with Crippen LogP contribution in [0.3, 0.4) is 0 Å². The minimum absolute atomic E-state index is 0.108. The van der Waals surface area contributed by atoms with E-state index in [9.17, 15) is 4.79 Å². The smallest absolute Gasteiger partial charge is 0.266 e. The second kappa shape index (κ2) is 12.6. The topological polar surface area (TPSA) is 48.0 Å². The number of hydrogen-bond donors (Lipinski definition) is 0. The number of benzene rings is 2. The van der Waals surface area contributed by atoms with Crippen LogP contribution in [0.15, 0.2) is 60.0 Å². The summed E-state index contributed by atoms with van der Waals surface area (Å²) in [6, 6.07) is 13.9. The van der Waals surface area contributed by atoms with Gasteiger partial charge in [-0.25, -0.2) is 0 Å². The average molecular weight is 498 g/mol. The maximum absolute atomic E-state index is 12.5. The monoisotopic (exact) mass is 497 g/mol. The second-order valence-corrected chi connectivity index (χ2v) is 9.60. The molecule has 1 aliphatic rings. The molecule has 0 bridgehead atoms. The zero-order valence-corrected chi connectivity index (χ0v) is 21.5. The first-order chi connectivity index (χ1) is 16.5. The van der Waals surface area contributed by atoms with Crippen LogP contribution in [-0.4, -0.2) is 42.0 Å². The summed E-state index contributed by atoms with van der Waals surface area (Å²) in [5, 5.41) is 0. The summed E-state index contributed by atoms with van der Waals surface area (Å²) in [4.78, 5) is 14.6. The summed E-state index contributed by atoms with van der Waals surface area (Å²) in [6.45, 7) is 9.57. The molecule has 0 spiro atoms. The Bertz CT molecular complexity index is 1050. The number of hydrogen-bond acceptors (Lipinski definition) is 6. The minimum Gasteiger partial charge on any atom is -0.493 e. The molecule has 1 unspecified atom stereocenters. The van der Waals surface area contributed by atoms with Crippen molar-refractivity contribution < 1.29 is 19.0 Å². The summed E-state index contributed by atoms with van der Waals surface area (Å²) in [5.74, 6) is 2.58. The number of rotatable bonds is 12. The Labute approximate surface area is 211 Å². The van der Waals surface area contributed by atoms with Crippen molar-refractivity contribution in [2.75, 3.05) is 26.9 Å². The third kappa shape index (κ3) is 6.64. The molecule has 3 rings (SSSR count). The second-order valence-electron chi connectivity index (χ2n) is 7.92. The molecule has 0 N–H and O–H groups in total. The molecule has 0 aliphatic carbocycles. The lowest BCUT2D eigenvalue weighted by Crippen LogP contribution is -2.27. The van der Waals surface area contributed by atoms with Gasteiger partial charge < -0.3 is 14.2 Å². The minimum atomic E-state index is -0.108. The maximum atomic E-state index is 12.5. The first-order valence-corrected chi connectivity index (χ1v) is 12.6. The van der Waals surface area contributed by atoms with Crippen molar-refractivity contribution in [2.24, 2.45) is 0 Å². The molecule has 1 atom stereocenters. The van der Waals surface area contributed by atoms with E-state index < -0.39 is 0 Å². The highest BCUT2D eigenvalue weighted by molar-refractivity contribution is 8.26. The number of amides is 1. The lowest BCUT2D eigenvalue weighted by molar-refractivity contribution is -0.121. The molecule has 34 heavy (non-hydrogen) atoms. The largest absolute Gasteiger partial charge is 0.493 e. The molecular weight excluding hydrogens is 466 g/mol. The van der Waals surface area contributed by atoms with E-state index >= 15 is 0 Å². The van der Waals surface area contributed by atoms with E-state index in [1.54, 1.807) is 13.2 Å². The Balaban J connectivity index is 1.52. The van der Waals surface area contributed by atoms with E-state index in [-0.39, 0.29) is 5.91 Å². The summed E-state index contributed by atoms with van der Waals surface area (Å²) < 4.78 is 17.8. The maximum Gasteiger partial charge on any atom is 0.266 e. The van der Waals surface area contributed by atoms with Gasteiger partial charge >= 0.3 is 0 Å². The Morgan fingerprint density at radius 2 is 1.85 bits per heavy atom. The molecule has 7 heteroatoms. The van der Waals surface area contributed by atoms with Gasteiger partial charge in [-0.15, -0.1) is 6.58 Å². The molecule has 2 aromatic rings. The van der Waals surface area contributed by atoms with E-state index in [4.69, 9.17) is 26.4 Å². The number of thiocarbonyl (C=S) groups is 1. The first kappa shape index (κ1) is 25.8. The van der Waals surface area contributed by atoms with Crippen LogP contribution in [-0.2, 0) is 4.79 Å². The van der Waals surface area contributed by atoms with E-state index in [0.717, 1.165) is 24.2 Å². The normalized spacial score (nSPS) is 15.5. The Hall–Kier alpha value is -2.77. The molecule has 0 saturated carbocycles. The molecule has 1 amide bonds. The summed E-state index contributed by atoms with van der Waals surface area (Å²) in [7, 11) is 1.60. The number of thioether (sulfide) groups is 1. The molecule has 180 valence electrons. The van der Waals surface area contributed by atoms with Crippen molar-refractivity contribution in [2.45, 2.75) is 32.6 Å². The van der Waals surface area contributed by atoms with Gasteiger partial charge in [-0.3, -0.25) is 9.69 Å². The SMILES string of the molecule is C=CCN1C(=O)/C(=C\c2ccc(OCCCOc3ccc(C(C)CC)cc3)c(OC)c2)SC1=S. The van der Waals surface area contributed by atoms with Crippen LogP contribution in [0.2, 0.25) is 0 Å². The number of nitrogens with zero attached hydrogens (tertiary/aromatic N) is 1. The quantitative estimate of drug-likeness (QED) is 0.145. The van der Waals surface area contributed by atoms with Gasteiger partial charge in [0, 0.05) is 13.0 Å². The van der Waals surface area contributed by atoms with E-state index in [0.29, 0.717) is 46.4 Å². The van der Waals surface area contributed by atoms with Crippen molar-refractivity contribution in [1.29, 1.82) is 0 Å². The number of carbonyl (C=O) groups is 1. The highest BCUT2D eigenvalue weighted by atomic mass is 32.2.